The molecule has 66 valence electrons. The lowest BCUT2D eigenvalue weighted by molar-refractivity contribution is 0.150. The molecule has 0 atom stereocenters. The largest absolute Gasteiger partial charge is 0.505 e. The van der Waals surface area contributed by atoms with Crippen LogP contribution in [0.4, 0.5) is 13.2 Å². The third-order valence-electron chi connectivity index (χ3n) is 1.30. The van der Waals surface area contributed by atoms with Gasteiger partial charge >= 0.3 is 0 Å². The fourth-order valence-corrected chi connectivity index (χ4v) is 1.21. The summed E-state index contributed by atoms with van der Waals surface area (Å²) in [4.78, 5) is 0. The van der Waals surface area contributed by atoms with Crippen LogP contribution in [-0.4, -0.2) is 5.11 Å². The van der Waals surface area contributed by atoms with Crippen molar-refractivity contribution in [2.75, 3.05) is 0 Å². The summed E-state index contributed by atoms with van der Waals surface area (Å²) < 4.78 is 36.6. The SMILES string of the molecule is Oc1cc(C(F)F)c(Br)cc1F. The number of hydrogen-bond donors (Lipinski definition) is 1. The number of phenolic OH excluding ortho intramolecular Hbond substituents is 1. The topological polar surface area (TPSA) is 20.2 Å². The van der Waals surface area contributed by atoms with Crippen LogP contribution in [0.15, 0.2) is 16.6 Å². The molecule has 0 aliphatic heterocycles. The second-order valence-electron chi connectivity index (χ2n) is 2.13. The normalized spacial score (nSPS) is 10.8. The highest BCUT2D eigenvalue weighted by Gasteiger charge is 2.14. The van der Waals surface area contributed by atoms with Crippen LogP contribution in [0.1, 0.15) is 12.0 Å². The van der Waals surface area contributed by atoms with Crippen molar-refractivity contribution in [2.24, 2.45) is 0 Å². The van der Waals surface area contributed by atoms with Crippen molar-refractivity contribution >= 4 is 15.9 Å². The van der Waals surface area contributed by atoms with Crippen molar-refractivity contribution in [3.8, 4) is 5.75 Å². The molecule has 5 heteroatoms. The van der Waals surface area contributed by atoms with Crippen LogP contribution in [0, 0.1) is 5.82 Å². The van der Waals surface area contributed by atoms with Crippen LogP contribution in [0.5, 0.6) is 5.75 Å². The Balaban J connectivity index is 3.23. The van der Waals surface area contributed by atoms with Gasteiger partial charge in [-0.1, -0.05) is 15.9 Å². The van der Waals surface area contributed by atoms with E-state index in [9.17, 15) is 13.2 Å². The molecule has 0 radical (unpaired) electrons. The van der Waals surface area contributed by atoms with Gasteiger partial charge < -0.3 is 5.11 Å². The van der Waals surface area contributed by atoms with Gasteiger partial charge in [0.1, 0.15) is 0 Å². The molecule has 12 heavy (non-hydrogen) atoms. The fraction of sp³-hybridized carbons (Fsp3) is 0.143. The van der Waals surface area contributed by atoms with Crippen LogP contribution in [0.2, 0.25) is 0 Å². The number of aromatic hydroxyl groups is 1. The van der Waals surface area contributed by atoms with E-state index in [1.807, 2.05) is 0 Å². The smallest absolute Gasteiger partial charge is 0.265 e. The lowest BCUT2D eigenvalue weighted by Gasteiger charge is -2.03. The van der Waals surface area contributed by atoms with E-state index < -0.39 is 23.6 Å². The van der Waals surface area contributed by atoms with Gasteiger partial charge in [0.2, 0.25) is 0 Å². The molecule has 0 unspecified atom stereocenters. The van der Waals surface area contributed by atoms with Crippen molar-refractivity contribution in [3.05, 3.63) is 28.0 Å². The van der Waals surface area contributed by atoms with E-state index in [0.717, 1.165) is 6.07 Å². The van der Waals surface area contributed by atoms with E-state index in [1.165, 1.54) is 0 Å². The monoisotopic (exact) mass is 240 g/mol. The Labute approximate surface area is 75.0 Å². The molecule has 0 amide bonds. The maximum atomic E-state index is 12.5. The van der Waals surface area contributed by atoms with Crippen molar-refractivity contribution in [2.45, 2.75) is 6.43 Å². The average Bonchev–Trinajstić information content (AvgIpc) is 1.96. The van der Waals surface area contributed by atoms with E-state index in [0.29, 0.717) is 6.07 Å². The molecule has 0 aromatic heterocycles. The third-order valence-corrected chi connectivity index (χ3v) is 1.99. The molecule has 1 aromatic carbocycles. The van der Waals surface area contributed by atoms with Gasteiger partial charge in [0.05, 0.1) is 0 Å². The Kier molecular flexibility index (Phi) is 2.62. The molecular formula is C7H4BrF3O. The third kappa shape index (κ3) is 1.72. The van der Waals surface area contributed by atoms with Crippen molar-refractivity contribution < 1.29 is 18.3 Å². The minimum atomic E-state index is -2.73. The minimum absolute atomic E-state index is 0.0483. The quantitative estimate of drug-likeness (QED) is 0.800. The molecule has 0 spiro atoms. The number of rotatable bonds is 1. The zero-order valence-corrected chi connectivity index (χ0v) is 7.28. The minimum Gasteiger partial charge on any atom is -0.505 e. The van der Waals surface area contributed by atoms with E-state index >= 15 is 0 Å². The summed E-state index contributed by atoms with van der Waals surface area (Å²) in [5.74, 6) is -1.69. The Hall–Kier alpha value is -0.710. The van der Waals surface area contributed by atoms with Crippen molar-refractivity contribution in [1.29, 1.82) is 0 Å². The average molecular weight is 241 g/mol. The summed E-state index contributed by atoms with van der Waals surface area (Å²) in [5, 5.41) is 8.74. The Morgan fingerprint density at radius 3 is 2.42 bits per heavy atom. The zero-order valence-electron chi connectivity index (χ0n) is 5.69. The molecule has 1 rings (SSSR count). The van der Waals surface area contributed by atoms with E-state index in [1.54, 1.807) is 0 Å². The van der Waals surface area contributed by atoms with Gasteiger partial charge in [-0.25, -0.2) is 13.2 Å². The van der Waals surface area contributed by atoms with Gasteiger partial charge in [-0.3, -0.25) is 0 Å². The molecule has 0 aliphatic carbocycles. The Morgan fingerprint density at radius 1 is 1.33 bits per heavy atom. The van der Waals surface area contributed by atoms with Gasteiger partial charge in [0.15, 0.2) is 11.6 Å². The highest BCUT2D eigenvalue weighted by atomic mass is 79.9. The van der Waals surface area contributed by atoms with Gasteiger partial charge in [-0.05, 0) is 12.1 Å². The molecule has 0 fully saturated rings. The first kappa shape index (κ1) is 9.38. The Morgan fingerprint density at radius 2 is 1.92 bits per heavy atom. The number of hydrogen-bond acceptors (Lipinski definition) is 1. The predicted molar refractivity (Wildman–Crippen MR) is 40.7 cm³/mol. The molecule has 1 aromatic rings. The van der Waals surface area contributed by atoms with Gasteiger partial charge in [-0.2, -0.15) is 0 Å². The summed E-state index contributed by atoms with van der Waals surface area (Å²) in [5.41, 5.74) is -0.422. The van der Waals surface area contributed by atoms with Crippen LogP contribution >= 0.6 is 15.9 Å². The van der Waals surface area contributed by atoms with Crippen LogP contribution in [0.25, 0.3) is 0 Å². The number of benzene rings is 1. The van der Waals surface area contributed by atoms with Gasteiger partial charge in [0, 0.05) is 10.0 Å². The van der Waals surface area contributed by atoms with Crippen LogP contribution in [0.3, 0.4) is 0 Å². The molecule has 0 aliphatic rings. The number of halogens is 4. The maximum Gasteiger partial charge on any atom is 0.265 e. The summed E-state index contributed by atoms with van der Waals surface area (Å²) in [6, 6.07) is 1.50. The summed E-state index contributed by atoms with van der Waals surface area (Å²) in [6.45, 7) is 0. The Bertz CT molecular complexity index is 301. The molecule has 0 saturated carbocycles. The molecular weight excluding hydrogens is 237 g/mol. The molecule has 1 nitrogen and oxygen atoms in total. The first-order valence-corrected chi connectivity index (χ1v) is 3.77. The van der Waals surface area contributed by atoms with Crippen LogP contribution < -0.4 is 0 Å². The number of alkyl halides is 2. The van der Waals surface area contributed by atoms with Crippen molar-refractivity contribution in [1.82, 2.24) is 0 Å². The second-order valence-corrected chi connectivity index (χ2v) is 2.98. The lowest BCUT2D eigenvalue weighted by atomic mass is 10.2. The first-order valence-electron chi connectivity index (χ1n) is 2.98. The highest BCUT2D eigenvalue weighted by Crippen LogP contribution is 2.31. The number of phenols is 1. The van der Waals surface area contributed by atoms with E-state index in [4.69, 9.17) is 5.11 Å². The lowest BCUT2D eigenvalue weighted by Crippen LogP contribution is -1.88. The fourth-order valence-electron chi connectivity index (χ4n) is 0.721. The molecule has 0 heterocycles. The van der Waals surface area contributed by atoms with Crippen LogP contribution in [-0.2, 0) is 0 Å². The summed E-state index contributed by atoms with van der Waals surface area (Å²) in [6.07, 6.45) is -2.73. The van der Waals surface area contributed by atoms with E-state index in [2.05, 4.69) is 15.9 Å². The predicted octanol–water partition coefficient (Wildman–Crippen LogP) is 3.23. The molecule has 1 N–H and O–H groups in total. The van der Waals surface area contributed by atoms with Gasteiger partial charge in [0.25, 0.3) is 6.43 Å². The molecule has 0 saturated heterocycles. The van der Waals surface area contributed by atoms with E-state index in [-0.39, 0.29) is 4.47 Å². The first-order chi connectivity index (χ1) is 5.52. The summed E-state index contributed by atoms with van der Waals surface area (Å²) in [7, 11) is 0. The highest BCUT2D eigenvalue weighted by molar-refractivity contribution is 9.10. The maximum absolute atomic E-state index is 12.5. The van der Waals surface area contributed by atoms with Gasteiger partial charge in [-0.15, -0.1) is 0 Å². The van der Waals surface area contributed by atoms with Crippen molar-refractivity contribution in [3.63, 3.8) is 0 Å². The molecule has 0 bridgehead atoms. The zero-order chi connectivity index (χ0) is 9.30. The standard InChI is InChI=1S/C7H4BrF3O/c8-4-2-5(9)6(12)1-3(4)7(10)11/h1-2,7,12H. The summed E-state index contributed by atoms with van der Waals surface area (Å²) >= 11 is 2.75. The second kappa shape index (κ2) is 3.35.